The monoisotopic (exact) mass is 1080 g/mol. The highest BCUT2D eigenvalue weighted by atomic mass is 35.5. The van der Waals surface area contributed by atoms with Crippen LogP contribution in [-0.2, 0) is 42.9 Å². The van der Waals surface area contributed by atoms with Crippen LogP contribution in [0.1, 0.15) is 34.6 Å². The molecule has 0 atom stereocenters. The number of carboxylic acid groups (broad SMARTS) is 1. The summed E-state index contributed by atoms with van der Waals surface area (Å²) in [6, 6.07) is 35.7. The lowest BCUT2D eigenvalue weighted by Gasteiger charge is -2.26. The molecule has 0 amide bonds. The standard InChI is InChI=1S/C20H23NO5.C18H19NO5.C16H19NO2.C4H5ClO3/c1-2-25-20(23)19(22)17-7-8-18(16-6-4-3-5-15(16)17)26-14-11-21-9-12-24-13-10-21;20-17(18(21)22)15-5-6-16(14-4-2-1-3-13(14)15)24-12-9-19-7-10-23-11-8-19;1-2-6-15-14(4-1)5-3-7-16(15)19-13-10-17-8-11-18-12-9-17;1-2-8-4(7)3(5)6/h3-8H,2,9-14H2,1H3;1-6H,7-12H2,(H,21,22);1-7H,8-13H2;2H2,1H3. The minimum atomic E-state index is -1.46. The largest absolute Gasteiger partial charge is 0.492 e. The van der Waals surface area contributed by atoms with Gasteiger partial charge >= 0.3 is 23.2 Å². The van der Waals surface area contributed by atoms with Crippen LogP contribution in [0.15, 0.2) is 115 Å². The van der Waals surface area contributed by atoms with Gasteiger partial charge in [0.25, 0.3) is 11.6 Å². The van der Waals surface area contributed by atoms with Crippen LogP contribution in [0, 0.1) is 0 Å². The number of rotatable bonds is 19. The fourth-order valence-electron chi connectivity index (χ4n) is 8.45. The number of carbonyl (C=O) groups is 6. The second-order valence-corrected chi connectivity index (χ2v) is 17.7. The SMILES string of the molecule is CCOC(=O)C(=O)Cl.CCOC(=O)C(=O)c1ccc(OCCN2CCOCC2)c2ccccc12.O=C(O)C(=O)c1ccc(OCCN2CCOCC2)c2ccccc12.c1ccc2c(OCCN3CCOCC3)cccc2c1. The summed E-state index contributed by atoms with van der Waals surface area (Å²) >= 11 is 4.69. The van der Waals surface area contributed by atoms with Gasteiger partial charge in [0.1, 0.15) is 37.1 Å². The van der Waals surface area contributed by atoms with Crippen molar-refractivity contribution in [3.63, 3.8) is 0 Å². The van der Waals surface area contributed by atoms with Gasteiger partial charge in [0.05, 0.1) is 52.9 Å². The summed E-state index contributed by atoms with van der Waals surface area (Å²) in [5.74, 6) is -2.50. The summed E-state index contributed by atoms with van der Waals surface area (Å²) in [4.78, 5) is 73.8. The van der Waals surface area contributed by atoms with E-state index < -0.39 is 34.7 Å². The summed E-state index contributed by atoms with van der Waals surface area (Å²) < 4.78 is 42.8. The topological polar surface area (TPSA) is 206 Å². The predicted octanol–water partition coefficient (Wildman–Crippen LogP) is 6.98. The van der Waals surface area contributed by atoms with Gasteiger partial charge in [-0.1, -0.05) is 84.9 Å². The molecule has 3 saturated heterocycles. The van der Waals surface area contributed by atoms with E-state index in [4.69, 9.17) is 49.9 Å². The molecule has 0 saturated carbocycles. The fraction of sp³-hybridized carbons (Fsp3) is 0.379. The number of ketones is 2. The molecule has 77 heavy (non-hydrogen) atoms. The Bertz CT molecular complexity index is 2890. The van der Waals surface area contributed by atoms with Crippen molar-refractivity contribution < 1.29 is 71.8 Å². The molecule has 6 aromatic rings. The number of benzene rings is 6. The molecule has 9 rings (SSSR count). The molecule has 19 heteroatoms. The number of carboxylic acids is 1. The van der Waals surface area contributed by atoms with Crippen LogP contribution in [0.25, 0.3) is 32.3 Å². The highest BCUT2D eigenvalue weighted by Crippen LogP contribution is 2.31. The van der Waals surface area contributed by atoms with Crippen molar-refractivity contribution in [3.05, 3.63) is 126 Å². The van der Waals surface area contributed by atoms with Crippen LogP contribution in [0.5, 0.6) is 17.2 Å². The number of carbonyl (C=O) groups excluding carboxylic acids is 5. The molecule has 410 valence electrons. The maximum Gasteiger partial charge on any atom is 0.391 e. The van der Waals surface area contributed by atoms with Gasteiger partial charge in [0, 0.05) is 86.2 Å². The quantitative estimate of drug-likeness (QED) is 0.0376. The lowest BCUT2D eigenvalue weighted by molar-refractivity contribution is -0.149. The first-order valence-corrected chi connectivity index (χ1v) is 26.0. The van der Waals surface area contributed by atoms with Gasteiger partial charge in [-0.25, -0.2) is 14.4 Å². The lowest BCUT2D eigenvalue weighted by Crippen LogP contribution is -2.38. The van der Waals surface area contributed by atoms with E-state index in [1.54, 1.807) is 44.2 Å². The summed E-state index contributed by atoms with van der Waals surface area (Å²) in [7, 11) is 0. The first-order valence-electron chi connectivity index (χ1n) is 25.6. The zero-order chi connectivity index (χ0) is 54.8. The predicted molar refractivity (Wildman–Crippen MR) is 291 cm³/mol. The Morgan fingerprint density at radius 2 is 0.818 bits per heavy atom. The zero-order valence-corrected chi connectivity index (χ0v) is 44.3. The molecular formula is C58H66ClN3O15. The van der Waals surface area contributed by atoms with Crippen molar-refractivity contribution in [1.82, 2.24) is 14.7 Å². The molecule has 0 radical (unpaired) electrons. The number of hydrogen-bond acceptors (Lipinski definition) is 17. The number of Topliss-reactive ketones (excluding diaryl/α,β-unsaturated/α-hetero) is 2. The Labute approximate surface area is 452 Å². The lowest BCUT2D eigenvalue weighted by atomic mass is 10.0. The number of fused-ring (bicyclic) bond motifs is 3. The maximum absolute atomic E-state index is 12.3. The molecule has 0 bridgehead atoms. The number of morpholine rings is 3. The summed E-state index contributed by atoms with van der Waals surface area (Å²) in [5.41, 5.74) is 0.512. The normalized spacial score (nSPS) is 14.8. The van der Waals surface area contributed by atoms with E-state index in [0.717, 1.165) is 122 Å². The summed E-state index contributed by atoms with van der Waals surface area (Å²) in [6.07, 6.45) is 0. The van der Waals surface area contributed by atoms with Crippen molar-refractivity contribution >= 4 is 78.6 Å². The molecule has 3 aliphatic rings. The average molecular weight is 1080 g/mol. The molecule has 3 aliphatic heterocycles. The molecule has 1 N–H and O–H groups in total. The van der Waals surface area contributed by atoms with Crippen molar-refractivity contribution in [2.45, 2.75) is 13.8 Å². The van der Waals surface area contributed by atoms with E-state index in [1.807, 2.05) is 48.5 Å². The number of halogens is 1. The number of nitrogens with zero attached hydrogens (tertiary/aromatic N) is 3. The van der Waals surface area contributed by atoms with E-state index >= 15 is 0 Å². The minimum Gasteiger partial charge on any atom is -0.492 e. The maximum atomic E-state index is 12.3. The van der Waals surface area contributed by atoms with Crippen LogP contribution in [-0.4, -0.2) is 186 Å². The number of esters is 2. The molecule has 18 nitrogen and oxygen atoms in total. The highest BCUT2D eigenvalue weighted by molar-refractivity contribution is 6.80. The van der Waals surface area contributed by atoms with Crippen LogP contribution in [0.2, 0.25) is 0 Å². The molecule has 0 aliphatic carbocycles. The van der Waals surface area contributed by atoms with Crippen LogP contribution in [0.3, 0.4) is 0 Å². The van der Waals surface area contributed by atoms with E-state index in [1.165, 1.54) is 16.8 Å². The van der Waals surface area contributed by atoms with Gasteiger partial charge in [-0.3, -0.25) is 29.1 Å². The third-order valence-corrected chi connectivity index (χ3v) is 12.6. The van der Waals surface area contributed by atoms with E-state index in [-0.39, 0.29) is 18.8 Å². The van der Waals surface area contributed by atoms with Gasteiger partial charge in [-0.05, 0) is 71.9 Å². The van der Waals surface area contributed by atoms with Gasteiger partial charge in [-0.2, -0.15) is 0 Å². The van der Waals surface area contributed by atoms with Gasteiger partial charge in [0.15, 0.2) is 0 Å². The first-order chi connectivity index (χ1) is 37.5. The zero-order valence-electron chi connectivity index (χ0n) is 43.5. The molecule has 3 heterocycles. The van der Waals surface area contributed by atoms with Crippen LogP contribution >= 0.6 is 11.6 Å². The highest BCUT2D eigenvalue weighted by Gasteiger charge is 2.22. The molecule has 0 spiro atoms. The Hall–Kier alpha value is -7.03. The Balaban J connectivity index is 0.000000176. The van der Waals surface area contributed by atoms with Gasteiger partial charge < -0.3 is 43.0 Å². The Kier molecular flexibility index (Phi) is 24.5. The van der Waals surface area contributed by atoms with E-state index in [2.05, 4.69) is 49.8 Å². The Morgan fingerprint density at radius 1 is 0.455 bits per heavy atom. The number of ether oxygens (including phenoxy) is 8. The first kappa shape index (κ1) is 59.2. The van der Waals surface area contributed by atoms with Crippen molar-refractivity contribution in [3.8, 4) is 17.2 Å². The van der Waals surface area contributed by atoms with E-state index in [0.29, 0.717) is 41.0 Å². The third-order valence-electron chi connectivity index (χ3n) is 12.4. The summed E-state index contributed by atoms with van der Waals surface area (Å²) in [5, 5.41) is 13.1. The average Bonchev–Trinajstić information content (AvgIpc) is 3.47. The minimum absolute atomic E-state index is 0.172. The Morgan fingerprint density at radius 3 is 1.22 bits per heavy atom. The van der Waals surface area contributed by atoms with E-state index in [9.17, 15) is 28.8 Å². The number of hydrogen-bond donors (Lipinski definition) is 1. The molecular weight excluding hydrogens is 1010 g/mol. The molecule has 0 unspecified atom stereocenters. The molecule has 3 fully saturated rings. The molecule has 0 aromatic heterocycles. The third kappa shape index (κ3) is 18.3. The van der Waals surface area contributed by atoms with Gasteiger partial charge in [-0.15, -0.1) is 0 Å². The smallest absolute Gasteiger partial charge is 0.391 e. The fourth-order valence-corrected chi connectivity index (χ4v) is 8.50. The number of aliphatic carboxylic acids is 1. The van der Waals surface area contributed by atoms with Gasteiger partial charge in [0.2, 0.25) is 0 Å². The second-order valence-electron chi connectivity index (χ2n) is 17.4. The van der Waals surface area contributed by atoms with Crippen LogP contribution in [0.4, 0.5) is 0 Å². The second kappa shape index (κ2) is 31.9. The summed E-state index contributed by atoms with van der Waals surface area (Å²) in [6.45, 7) is 18.3. The molecule has 6 aromatic carbocycles. The van der Waals surface area contributed by atoms with Crippen molar-refractivity contribution in [2.75, 3.05) is 132 Å². The van der Waals surface area contributed by atoms with Crippen molar-refractivity contribution in [1.29, 1.82) is 0 Å². The van der Waals surface area contributed by atoms with Crippen molar-refractivity contribution in [2.24, 2.45) is 0 Å². The van der Waals surface area contributed by atoms with Crippen LogP contribution < -0.4 is 14.2 Å².